The van der Waals surface area contributed by atoms with Crippen LogP contribution in [-0.4, -0.2) is 22.5 Å². The number of thioether (sulfide) groups is 1. The Hall–Kier alpha value is -1.63. The van der Waals surface area contributed by atoms with E-state index >= 15 is 0 Å². The first-order chi connectivity index (χ1) is 10.6. The van der Waals surface area contributed by atoms with Crippen LogP contribution in [-0.2, 0) is 4.79 Å². The van der Waals surface area contributed by atoms with Crippen LogP contribution in [0, 0.1) is 0 Å². The second-order valence-corrected chi connectivity index (χ2v) is 7.28. The highest BCUT2D eigenvalue weighted by Crippen LogP contribution is 2.32. The molecule has 1 atom stereocenters. The molecule has 1 fully saturated rings. The Labute approximate surface area is 141 Å². The third-order valence-electron chi connectivity index (χ3n) is 3.00. The van der Waals surface area contributed by atoms with Gasteiger partial charge in [0.05, 0.1) is 17.2 Å². The molecule has 0 bridgehead atoms. The van der Waals surface area contributed by atoms with Crippen LogP contribution in [0.3, 0.4) is 0 Å². The number of carbonyl (C=O) groups is 1. The summed E-state index contributed by atoms with van der Waals surface area (Å²) in [5.41, 5.74) is 0.747. The molecule has 7 heteroatoms. The molecule has 1 aliphatic rings. The highest BCUT2D eigenvalue weighted by atomic mass is 35.5. The van der Waals surface area contributed by atoms with Crippen LogP contribution < -0.4 is 4.90 Å². The third-order valence-corrected chi connectivity index (χ3v) is 5.09. The summed E-state index contributed by atoms with van der Waals surface area (Å²) in [7, 11) is 0. The van der Waals surface area contributed by atoms with Crippen LogP contribution in [0.1, 0.15) is 11.8 Å². The highest BCUT2D eigenvalue weighted by Gasteiger charge is 2.36. The summed E-state index contributed by atoms with van der Waals surface area (Å²) in [6.07, 6.45) is 1.69. The van der Waals surface area contributed by atoms with Gasteiger partial charge in [-0.3, -0.25) is 9.69 Å². The molecule has 1 aromatic heterocycles. The lowest BCUT2D eigenvalue weighted by Crippen LogP contribution is -2.31. The summed E-state index contributed by atoms with van der Waals surface area (Å²) in [6.45, 7) is 1.86. The summed E-state index contributed by atoms with van der Waals surface area (Å²) >= 11 is 8.88. The Morgan fingerprint density at radius 1 is 1.27 bits per heavy atom. The van der Waals surface area contributed by atoms with Crippen LogP contribution >= 0.6 is 34.7 Å². The first-order valence-electron chi connectivity index (χ1n) is 6.56. The van der Waals surface area contributed by atoms with Gasteiger partial charge < -0.3 is 0 Å². The van der Waals surface area contributed by atoms with Crippen molar-refractivity contribution >= 4 is 57.7 Å². The van der Waals surface area contributed by atoms with Gasteiger partial charge in [-0.05, 0) is 42.6 Å². The molecule has 0 saturated carbocycles. The van der Waals surface area contributed by atoms with E-state index in [2.05, 4.69) is 10.2 Å². The van der Waals surface area contributed by atoms with Crippen molar-refractivity contribution in [2.45, 2.75) is 12.2 Å². The van der Waals surface area contributed by atoms with E-state index in [0.717, 1.165) is 10.6 Å². The maximum Gasteiger partial charge on any atom is 0.246 e. The maximum absolute atomic E-state index is 12.3. The van der Waals surface area contributed by atoms with Crippen molar-refractivity contribution in [2.75, 3.05) is 4.90 Å². The van der Waals surface area contributed by atoms with Gasteiger partial charge in [0, 0.05) is 9.90 Å². The van der Waals surface area contributed by atoms with Crippen LogP contribution in [0.15, 0.2) is 52.0 Å². The number of hydrogen-bond donors (Lipinski definition) is 0. The summed E-state index contributed by atoms with van der Waals surface area (Å²) in [4.78, 5) is 14.9. The zero-order valence-electron chi connectivity index (χ0n) is 11.6. The fourth-order valence-corrected chi connectivity index (χ4v) is 3.56. The van der Waals surface area contributed by atoms with Gasteiger partial charge in [0.2, 0.25) is 5.91 Å². The highest BCUT2D eigenvalue weighted by molar-refractivity contribution is 8.16. The van der Waals surface area contributed by atoms with Crippen LogP contribution in [0.4, 0.5) is 5.69 Å². The number of amidine groups is 1. The molecule has 1 amide bonds. The van der Waals surface area contributed by atoms with E-state index in [4.69, 9.17) is 11.6 Å². The normalized spacial score (nSPS) is 20.5. The fraction of sp³-hybridized carbons (Fsp3) is 0.133. The molecular formula is C15H12ClN3OS2. The van der Waals surface area contributed by atoms with Crippen LogP contribution in [0.25, 0.3) is 0 Å². The van der Waals surface area contributed by atoms with Crippen molar-refractivity contribution in [2.24, 2.45) is 10.2 Å². The van der Waals surface area contributed by atoms with Gasteiger partial charge in [-0.25, -0.2) is 0 Å². The smallest absolute Gasteiger partial charge is 0.246 e. The SMILES string of the molecule is CC1SC(=N/N=C/c2cccs2)N(c2ccc(Cl)cc2)C1=O. The number of nitrogens with zero attached hydrogens (tertiary/aromatic N) is 3. The molecule has 0 N–H and O–H groups in total. The average Bonchev–Trinajstić information content (AvgIpc) is 3.10. The number of hydrogen-bond acceptors (Lipinski definition) is 5. The summed E-state index contributed by atoms with van der Waals surface area (Å²) in [5.74, 6) is -0.00241. The number of rotatable bonds is 3. The average molecular weight is 350 g/mol. The van der Waals surface area contributed by atoms with Crippen LogP contribution in [0.2, 0.25) is 5.02 Å². The molecular weight excluding hydrogens is 338 g/mol. The second kappa shape index (κ2) is 6.64. The second-order valence-electron chi connectivity index (χ2n) is 4.55. The molecule has 22 heavy (non-hydrogen) atoms. The lowest BCUT2D eigenvalue weighted by Gasteiger charge is -2.15. The monoisotopic (exact) mass is 349 g/mol. The molecule has 0 aliphatic carbocycles. The molecule has 4 nitrogen and oxygen atoms in total. The number of halogens is 1. The van der Waals surface area contributed by atoms with Crippen molar-refractivity contribution < 1.29 is 4.79 Å². The summed E-state index contributed by atoms with van der Waals surface area (Å²) < 4.78 is 0. The largest absolute Gasteiger partial charge is 0.273 e. The van der Waals surface area contributed by atoms with Gasteiger partial charge in [-0.15, -0.1) is 16.4 Å². The van der Waals surface area contributed by atoms with Gasteiger partial charge in [0.25, 0.3) is 0 Å². The summed E-state index contributed by atoms with van der Waals surface area (Å²) in [5, 5.41) is 11.3. The molecule has 112 valence electrons. The minimum atomic E-state index is -0.175. The first kappa shape index (κ1) is 15.3. The van der Waals surface area contributed by atoms with E-state index in [-0.39, 0.29) is 11.2 Å². The third kappa shape index (κ3) is 3.24. The number of carbonyl (C=O) groups excluding carboxylic acids is 1. The van der Waals surface area contributed by atoms with E-state index in [9.17, 15) is 4.79 Å². The Kier molecular flexibility index (Phi) is 4.61. The fourth-order valence-electron chi connectivity index (χ4n) is 1.93. The van der Waals surface area contributed by atoms with Gasteiger partial charge in [-0.2, -0.15) is 5.10 Å². The van der Waals surface area contributed by atoms with Crippen molar-refractivity contribution in [1.29, 1.82) is 0 Å². The predicted octanol–water partition coefficient (Wildman–Crippen LogP) is 4.26. The number of anilines is 1. The standard InChI is InChI=1S/C15H12ClN3OS2/c1-10-14(20)19(12-6-4-11(16)5-7-12)15(22-10)18-17-9-13-3-2-8-21-13/h2-10H,1H3/b17-9+,18-15?. The molecule has 2 aromatic rings. The first-order valence-corrected chi connectivity index (χ1v) is 8.69. The lowest BCUT2D eigenvalue weighted by molar-refractivity contribution is -0.116. The molecule has 1 aromatic carbocycles. The molecule has 2 heterocycles. The zero-order chi connectivity index (χ0) is 15.5. The molecule has 1 saturated heterocycles. The van der Waals surface area contributed by atoms with Crippen LogP contribution in [0.5, 0.6) is 0 Å². The van der Waals surface area contributed by atoms with Gasteiger partial charge in [0.15, 0.2) is 5.17 Å². The Morgan fingerprint density at radius 2 is 2.05 bits per heavy atom. The van der Waals surface area contributed by atoms with E-state index in [0.29, 0.717) is 10.2 Å². The van der Waals surface area contributed by atoms with E-state index < -0.39 is 0 Å². The minimum absolute atomic E-state index is 0.00241. The van der Waals surface area contributed by atoms with Gasteiger partial charge in [0.1, 0.15) is 0 Å². The molecule has 0 spiro atoms. The Balaban J connectivity index is 1.88. The number of thiophene rings is 1. The topological polar surface area (TPSA) is 45.0 Å². The molecule has 3 rings (SSSR count). The van der Waals surface area contributed by atoms with E-state index in [1.165, 1.54) is 11.8 Å². The number of benzene rings is 1. The van der Waals surface area contributed by atoms with Crippen molar-refractivity contribution in [1.82, 2.24) is 0 Å². The summed E-state index contributed by atoms with van der Waals surface area (Å²) in [6, 6.07) is 11.0. The van der Waals surface area contributed by atoms with Crippen molar-refractivity contribution in [3.63, 3.8) is 0 Å². The molecule has 1 unspecified atom stereocenters. The number of amides is 1. The van der Waals surface area contributed by atoms with Gasteiger partial charge >= 0.3 is 0 Å². The Bertz CT molecular complexity index is 726. The van der Waals surface area contributed by atoms with E-state index in [1.54, 1.807) is 46.7 Å². The van der Waals surface area contributed by atoms with E-state index in [1.807, 2.05) is 24.4 Å². The predicted molar refractivity (Wildman–Crippen MR) is 95.3 cm³/mol. The Morgan fingerprint density at radius 3 is 2.73 bits per heavy atom. The minimum Gasteiger partial charge on any atom is -0.273 e. The maximum atomic E-state index is 12.3. The van der Waals surface area contributed by atoms with Gasteiger partial charge in [-0.1, -0.05) is 29.4 Å². The van der Waals surface area contributed by atoms with Crippen molar-refractivity contribution in [3.8, 4) is 0 Å². The van der Waals surface area contributed by atoms with Crippen molar-refractivity contribution in [3.05, 3.63) is 51.7 Å². The molecule has 1 aliphatic heterocycles. The molecule has 0 radical (unpaired) electrons. The lowest BCUT2D eigenvalue weighted by atomic mass is 10.3. The quantitative estimate of drug-likeness (QED) is 0.614. The zero-order valence-corrected chi connectivity index (χ0v) is 14.0.